The molecule has 9 heteroatoms. The van der Waals surface area contributed by atoms with Crippen LogP contribution < -0.4 is 5.32 Å². The lowest BCUT2D eigenvalue weighted by Gasteiger charge is -2.42. The van der Waals surface area contributed by atoms with E-state index in [1.165, 1.54) is 6.26 Å². The molecule has 1 amide bonds. The molecule has 0 radical (unpaired) electrons. The Labute approximate surface area is 234 Å². The van der Waals surface area contributed by atoms with E-state index in [1.54, 1.807) is 24.3 Å². The van der Waals surface area contributed by atoms with Crippen LogP contribution in [-0.2, 0) is 9.84 Å². The first-order chi connectivity index (χ1) is 18.0. The van der Waals surface area contributed by atoms with Crippen molar-refractivity contribution in [2.45, 2.75) is 6.04 Å². The van der Waals surface area contributed by atoms with Crippen LogP contribution >= 0.6 is 23.2 Å². The number of nitrogens with zero attached hydrogens (tertiary/aromatic N) is 2. The normalized spacial score (nSPS) is 14.0. The number of carbonyl (C=O) groups is 1. The van der Waals surface area contributed by atoms with Gasteiger partial charge in [0, 0.05) is 48.0 Å². The third-order valence-electron chi connectivity index (χ3n) is 6.45. The smallest absolute Gasteiger partial charge is 0.251 e. The maximum absolute atomic E-state index is 13.0. The van der Waals surface area contributed by atoms with Gasteiger partial charge >= 0.3 is 0 Å². The summed E-state index contributed by atoms with van der Waals surface area (Å²) in [5.74, 6) is -0.229. The summed E-state index contributed by atoms with van der Waals surface area (Å²) in [5, 5.41) is 4.19. The predicted octanol–water partition coefficient (Wildman–Crippen LogP) is 5.15. The molecule has 0 atom stereocenters. The summed E-state index contributed by atoms with van der Waals surface area (Å²) in [4.78, 5) is 17.2. The molecule has 0 bridgehead atoms. The highest BCUT2D eigenvalue weighted by molar-refractivity contribution is 8.00. The van der Waals surface area contributed by atoms with Crippen LogP contribution in [0, 0.1) is 0 Å². The quantitative estimate of drug-likeness (QED) is 0.385. The minimum atomic E-state index is -3.56. The fraction of sp³-hybridized carbons (Fsp3) is 0.276. The Bertz CT molecular complexity index is 1380. The third kappa shape index (κ3) is 6.84. The van der Waals surface area contributed by atoms with Crippen molar-refractivity contribution in [3.05, 3.63) is 111 Å². The zero-order valence-electron chi connectivity index (χ0n) is 21.6. The number of halogens is 2. The van der Waals surface area contributed by atoms with E-state index in [0.717, 1.165) is 16.7 Å². The minimum absolute atomic E-state index is 0.0945. The Kier molecular flexibility index (Phi) is 8.96. The fourth-order valence-electron chi connectivity index (χ4n) is 4.65. The molecular weight excluding hydrogens is 541 g/mol. The molecule has 4 rings (SSSR count). The second kappa shape index (κ2) is 12.0. The fourth-order valence-corrected chi connectivity index (χ4v) is 6.11. The molecule has 1 aliphatic heterocycles. The van der Waals surface area contributed by atoms with Gasteiger partial charge in [-0.15, -0.1) is 0 Å². The molecule has 0 unspecified atom stereocenters. The first-order valence-electron chi connectivity index (χ1n) is 12.2. The van der Waals surface area contributed by atoms with Gasteiger partial charge in [0.25, 0.3) is 5.91 Å². The number of benzene rings is 3. The van der Waals surface area contributed by atoms with E-state index in [9.17, 15) is 13.2 Å². The standard InChI is InChI=1S/C29H31Cl2N3O3S/c1-33(2)16-15-32-29(35)23-6-4-5-22(17-23)28(38(3,36)37)24-18-34(19-24)27(20-7-11-25(30)12-8-20)21-9-13-26(31)14-10-21/h4-14,17,27H,15-16,18-19H2,1-3H3,(H,32,35). The van der Waals surface area contributed by atoms with Gasteiger partial charge in [0.05, 0.1) is 10.9 Å². The Morgan fingerprint density at radius 3 is 1.95 bits per heavy atom. The van der Waals surface area contributed by atoms with Crippen molar-refractivity contribution in [1.29, 1.82) is 0 Å². The second-order valence-electron chi connectivity index (χ2n) is 9.76. The molecule has 0 aliphatic carbocycles. The molecule has 1 heterocycles. The van der Waals surface area contributed by atoms with Gasteiger partial charge in [-0.2, -0.15) is 0 Å². The van der Waals surface area contributed by atoms with Crippen LogP contribution in [0.2, 0.25) is 10.0 Å². The Balaban J connectivity index is 1.64. The van der Waals surface area contributed by atoms with Gasteiger partial charge in [0.15, 0.2) is 9.84 Å². The molecule has 38 heavy (non-hydrogen) atoms. The van der Waals surface area contributed by atoms with E-state index in [0.29, 0.717) is 47.4 Å². The van der Waals surface area contributed by atoms with Gasteiger partial charge in [-0.3, -0.25) is 9.69 Å². The van der Waals surface area contributed by atoms with E-state index in [1.807, 2.05) is 67.5 Å². The molecule has 0 saturated carbocycles. The zero-order chi connectivity index (χ0) is 27.4. The Morgan fingerprint density at radius 2 is 1.45 bits per heavy atom. The van der Waals surface area contributed by atoms with Gasteiger partial charge in [0.2, 0.25) is 0 Å². The van der Waals surface area contributed by atoms with Crippen molar-refractivity contribution in [3.63, 3.8) is 0 Å². The van der Waals surface area contributed by atoms with Crippen molar-refractivity contribution in [2.75, 3.05) is 46.5 Å². The minimum Gasteiger partial charge on any atom is -0.351 e. The van der Waals surface area contributed by atoms with Crippen molar-refractivity contribution in [2.24, 2.45) is 0 Å². The predicted molar refractivity (Wildman–Crippen MR) is 155 cm³/mol. The number of nitrogens with one attached hydrogen (secondary N) is 1. The van der Waals surface area contributed by atoms with Gasteiger partial charge in [-0.25, -0.2) is 8.42 Å². The molecule has 0 aromatic heterocycles. The van der Waals surface area contributed by atoms with Gasteiger partial charge in [-0.05, 0) is 72.8 Å². The lowest BCUT2D eigenvalue weighted by Crippen LogP contribution is -2.44. The van der Waals surface area contributed by atoms with Crippen LogP contribution in [0.4, 0.5) is 0 Å². The van der Waals surface area contributed by atoms with Crippen LogP contribution in [0.15, 0.2) is 78.4 Å². The Morgan fingerprint density at radius 1 is 0.921 bits per heavy atom. The number of likely N-dealkylation sites (N-methyl/N-ethyl adjacent to an activating group) is 1. The van der Waals surface area contributed by atoms with Crippen LogP contribution in [0.1, 0.15) is 33.1 Å². The van der Waals surface area contributed by atoms with Gasteiger partial charge in [-0.1, -0.05) is 59.6 Å². The summed E-state index contributed by atoms with van der Waals surface area (Å²) in [7, 11) is 0.310. The molecule has 200 valence electrons. The van der Waals surface area contributed by atoms with Crippen LogP contribution in [-0.4, -0.2) is 70.7 Å². The molecular formula is C29H31Cl2N3O3S. The van der Waals surface area contributed by atoms with Gasteiger partial charge < -0.3 is 10.2 Å². The lowest BCUT2D eigenvalue weighted by atomic mass is 9.92. The first kappa shape index (κ1) is 28.3. The number of hydrogen-bond acceptors (Lipinski definition) is 5. The largest absolute Gasteiger partial charge is 0.351 e. The third-order valence-corrected chi connectivity index (χ3v) is 8.22. The number of amides is 1. The monoisotopic (exact) mass is 571 g/mol. The number of sulfone groups is 1. The summed E-state index contributed by atoms with van der Waals surface area (Å²) in [5.41, 5.74) is 3.86. The van der Waals surface area contributed by atoms with E-state index >= 15 is 0 Å². The molecule has 1 N–H and O–H groups in total. The molecule has 0 spiro atoms. The number of likely N-dealkylation sites (tertiary alicyclic amines) is 1. The van der Waals surface area contributed by atoms with Crippen molar-refractivity contribution < 1.29 is 13.2 Å². The highest BCUT2D eigenvalue weighted by Crippen LogP contribution is 2.38. The lowest BCUT2D eigenvalue weighted by molar-refractivity contribution is 0.0951. The van der Waals surface area contributed by atoms with E-state index in [-0.39, 0.29) is 16.9 Å². The molecule has 6 nitrogen and oxygen atoms in total. The van der Waals surface area contributed by atoms with E-state index < -0.39 is 9.84 Å². The molecule has 1 saturated heterocycles. The van der Waals surface area contributed by atoms with Crippen LogP contribution in [0.25, 0.3) is 4.91 Å². The second-order valence-corrected chi connectivity index (χ2v) is 12.6. The average molecular weight is 573 g/mol. The van der Waals surface area contributed by atoms with E-state index in [2.05, 4.69) is 10.2 Å². The summed E-state index contributed by atoms with van der Waals surface area (Å²) in [6.07, 6.45) is 1.22. The Hall–Kier alpha value is -2.68. The maximum atomic E-state index is 13.0. The van der Waals surface area contributed by atoms with Crippen molar-refractivity contribution in [3.8, 4) is 0 Å². The van der Waals surface area contributed by atoms with Crippen molar-refractivity contribution in [1.82, 2.24) is 15.1 Å². The van der Waals surface area contributed by atoms with Gasteiger partial charge in [0.1, 0.15) is 0 Å². The molecule has 3 aromatic rings. The summed E-state index contributed by atoms with van der Waals surface area (Å²) in [6.45, 7) is 2.15. The summed E-state index contributed by atoms with van der Waals surface area (Å²) >= 11 is 12.3. The molecule has 1 aliphatic rings. The number of rotatable bonds is 9. The average Bonchev–Trinajstić information content (AvgIpc) is 2.83. The number of hydrogen-bond donors (Lipinski definition) is 1. The zero-order valence-corrected chi connectivity index (χ0v) is 23.9. The van der Waals surface area contributed by atoms with E-state index in [4.69, 9.17) is 23.2 Å². The van der Waals surface area contributed by atoms with Crippen LogP contribution in [0.5, 0.6) is 0 Å². The topological polar surface area (TPSA) is 69.7 Å². The summed E-state index contributed by atoms with van der Waals surface area (Å²) in [6, 6.07) is 22.1. The SMILES string of the molecule is CN(C)CCNC(=O)c1cccc(C(=C2CN(C(c3ccc(Cl)cc3)c3ccc(Cl)cc3)C2)S(C)(=O)=O)c1. The highest BCUT2D eigenvalue weighted by atomic mass is 35.5. The summed E-state index contributed by atoms with van der Waals surface area (Å²) < 4.78 is 25.9. The molecule has 3 aromatic carbocycles. The first-order valence-corrected chi connectivity index (χ1v) is 14.9. The van der Waals surface area contributed by atoms with Crippen molar-refractivity contribution >= 4 is 43.9 Å². The number of carbonyl (C=O) groups excluding carboxylic acids is 1. The highest BCUT2D eigenvalue weighted by Gasteiger charge is 2.34. The maximum Gasteiger partial charge on any atom is 0.251 e. The molecule has 1 fully saturated rings. The van der Waals surface area contributed by atoms with Crippen LogP contribution in [0.3, 0.4) is 0 Å².